The van der Waals surface area contributed by atoms with Crippen molar-refractivity contribution in [3.63, 3.8) is 0 Å². The zero-order chi connectivity index (χ0) is 14.1. The Hall–Kier alpha value is -1.53. The van der Waals surface area contributed by atoms with Crippen LogP contribution in [0.15, 0.2) is 27.2 Å². The van der Waals surface area contributed by atoms with Crippen molar-refractivity contribution in [2.24, 2.45) is 0 Å². The highest BCUT2D eigenvalue weighted by atomic mass is 79.9. The zero-order valence-electron chi connectivity index (χ0n) is 11.3. The van der Waals surface area contributed by atoms with Crippen LogP contribution in [0.5, 0.6) is 11.5 Å². The van der Waals surface area contributed by atoms with Gasteiger partial charge in [-0.3, -0.25) is 0 Å². The largest absolute Gasteiger partial charge is 0.454 e. The molecule has 0 saturated heterocycles. The van der Waals surface area contributed by atoms with Crippen molar-refractivity contribution in [2.75, 3.05) is 6.79 Å². The third-order valence-corrected chi connectivity index (χ3v) is 3.89. The van der Waals surface area contributed by atoms with E-state index in [0.717, 1.165) is 27.3 Å². The maximum atomic E-state index is 5.51. The molecule has 1 aromatic carbocycles. The Morgan fingerprint density at radius 1 is 1.35 bits per heavy atom. The number of hydrogen-bond donors (Lipinski definition) is 1. The molecule has 1 unspecified atom stereocenters. The molecule has 0 saturated carbocycles. The molecule has 106 valence electrons. The van der Waals surface area contributed by atoms with Gasteiger partial charge < -0.3 is 19.2 Å². The van der Waals surface area contributed by atoms with E-state index in [2.05, 4.69) is 26.2 Å². The van der Waals surface area contributed by atoms with Crippen molar-refractivity contribution in [1.29, 1.82) is 0 Å². The van der Waals surface area contributed by atoms with Gasteiger partial charge in [-0.15, -0.1) is 0 Å². The van der Waals surface area contributed by atoms with Crippen molar-refractivity contribution in [3.8, 4) is 11.5 Å². The van der Waals surface area contributed by atoms with Gasteiger partial charge in [-0.1, -0.05) is 15.9 Å². The fourth-order valence-electron chi connectivity index (χ4n) is 2.02. The van der Waals surface area contributed by atoms with Crippen LogP contribution in [0, 0.1) is 6.92 Å². The fraction of sp³-hybridized carbons (Fsp3) is 0.357. The van der Waals surface area contributed by atoms with E-state index in [1.807, 2.05) is 26.0 Å². The first-order valence-corrected chi connectivity index (χ1v) is 7.16. The molecule has 0 amide bonds. The van der Waals surface area contributed by atoms with Crippen LogP contribution in [0.2, 0.25) is 0 Å². The quantitative estimate of drug-likeness (QED) is 0.926. The van der Waals surface area contributed by atoms with Crippen LogP contribution in [0.1, 0.15) is 30.2 Å². The lowest BCUT2D eigenvalue weighted by Crippen LogP contribution is -2.18. The van der Waals surface area contributed by atoms with Crippen LogP contribution in [0.25, 0.3) is 0 Å². The van der Waals surface area contributed by atoms with Gasteiger partial charge in [-0.25, -0.2) is 4.98 Å². The van der Waals surface area contributed by atoms with E-state index < -0.39 is 0 Å². The molecule has 1 atom stereocenters. The summed E-state index contributed by atoms with van der Waals surface area (Å²) in [5.74, 6) is 3.07. The molecule has 1 N–H and O–H groups in total. The molecule has 6 heteroatoms. The lowest BCUT2D eigenvalue weighted by atomic mass is 10.2. The van der Waals surface area contributed by atoms with Crippen LogP contribution in [-0.2, 0) is 6.54 Å². The summed E-state index contributed by atoms with van der Waals surface area (Å²) in [7, 11) is 0. The minimum atomic E-state index is 0.0426. The van der Waals surface area contributed by atoms with Gasteiger partial charge in [0.1, 0.15) is 5.76 Å². The van der Waals surface area contributed by atoms with E-state index in [4.69, 9.17) is 13.9 Å². The molecule has 2 heterocycles. The van der Waals surface area contributed by atoms with E-state index >= 15 is 0 Å². The highest BCUT2D eigenvalue weighted by Crippen LogP contribution is 2.37. The number of aryl methyl sites for hydroxylation is 1. The van der Waals surface area contributed by atoms with Gasteiger partial charge >= 0.3 is 0 Å². The van der Waals surface area contributed by atoms with E-state index in [1.165, 1.54) is 0 Å². The first-order valence-electron chi connectivity index (χ1n) is 6.37. The normalized spacial score (nSPS) is 14.6. The lowest BCUT2D eigenvalue weighted by Gasteiger charge is -2.12. The number of nitrogens with zero attached hydrogens (tertiary/aromatic N) is 1. The third-order valence-electron chi connectivity index (χ3n) is 3.15. The molecular formula is C14H15BrN2O3. The standard InChI is InChI=1S/C14H15BrN2O3/c1-8-5-17-14(20-8)9(2)16-6-10-3-12-13(4-11(10)15)19-7-18-12/h3-5,9,16H,6-7H2,1-2H3. The highest BCUT2D eigenvalue weighted by Gasteiger charge is 2.17. The van der Waals surface area contributed by atoms with E-state index in [-0.39, 0.29) is 12.8 Å². The highest BCUT2D eigenvalue weighted by molar-refractivity contribution is 9.10. The summed E-state index contributed by atoms with van der Waals surface area (Å²) in [6, 6.07) is 3.95. The molecule has 5 nitrogen and oxygen atoms in total. The average Bonchev–Trinajstić information content (AvgIpc) is 3.04. The average molecular weight is 339 g/mol. The maximum absolute atomic E-state index is 5.51. The number of rotatable bonds is 4. The van der Waals surface area contributed by atoms with Gasteiger partial charge in [0.15, 0.2) is 11.5 Å². The predicted molar refractivity (Wildman–Crippen MR) is 76.8 cm³/mol. The van der Waals surface area contributed by atoms with Crippen molar-refractivity contribution < 1.29 is 13.9 Å². The number of hydrogen-bond acceptors (Lipinski definition) is 5. The number of aromatic nitrogens is 1. The summed E-state index contributed by atoms with van der Waals surface area (Å²) >= 11 is 3.55. The molecule has 0 fully saturated rings. The van der Waals surface area contributed by atoms with Crippen LogP contribution in [0.4, 0.5) is 0 Å². The van der Waals surface area contributed by atoms with Gasteiger partial charge in [0.05, 0.1) is 12.2 Å². The Morgan fingerprint density at radius 3 is 2.80 bits per heavy atom. The molecule has 0 bridgehead atoms. The summed E-state index contributed by atoms with van der Waals surface area (Å²) < 4.78 is 17.2. The number of benzene rings is 1. The molecule has 0 radical (unpaired) electrons. The summed E-state index contributed by atoms with van der Waals surface area (Å²) in [6.07, 6.45) is 1.73. The molecule has 1 aliphatic rings. The Balaban J connectivity index is 1.69. The van der Waals surface area contributed by atoms with Gasteiger partial charge in [0.25, 0.3) is 0 Å². The number of oxazole rings is 1. The number of ether oxygens (including phenoxy) is 2. The maximum Gasteiger partial charge on any atom is 0.231 e. The molecule has 1 aliphatic heterocycles. The summed E-state index contributed by atoms with van der Waals surface area (Å²) in [5.41, 5.74) is 1.10. The van der Waals surface area contributed by atoms with Crippen molar-refractivity contribution in [1.82, 2.24) is 10.3 Å². The molecule has 0 aliphatic carbocycles. The molecule has 0 spiro atoms. The van der Waals surface area contributed by atoms with Gasteiger partial charge in [0, 0.05) is 11.0 Å². The van der Waals surface area contributed by atoms with Crippen molar-refractivity contribution in [3.05, 3.63) is 40.0 Å². The van der Waals surface area contributed by atoms with Crippen molar-refractivity contribution >= 4 is 15.9 Å². The van der Waals surface area contributed by atoms with E-state index in [1.54, 1.807) is 6.20 Å². The second-order valence-electron chi connectivity index (χ2n) is 4.71. The monoisotopic (exact) mass is 338 g/mol. The molecule has 1 aromatic heterocycles. The number of nitrogens with one attached hydrogen (secondary N) is 1. The SMILES string of the molecule is Cc1cnc(C(C)NCc2cc3c(cc2Br)OCO3)o1. The smallest absolute Gasteiger partial charge is 0.231 e. The number of halogens is 1. The topological polar surface area (TPSA) is 56.5 Å². The third kappa shape index (κ3) is 2.66. The Kier molecular flexibility index (Phi) is 3.67. The minimum Gasteiger partial charge on any atom is -0.454 e. The summed E-state index contributed by atoms with van der Waals surface area (Å²) in [6.45, 7) is 4.87. The lowest BCUT2D eigenvalue weighted by molar-refractivity contribution is 0.174. The van der Waals surface area contributed by atoms with Crippen LogP contribution < -0.4 is 14.8 Å². The fourth-order valence-corrected chi connectivity index (χ4v) is 2.48. The summed E-state index contributed by atoms with van der Waals surface area (Å²) in [4.78, 5) is 4.22. The van der Waals surface area contributed by atoms with Gasteiger partial charge in [0.2, 0.25) is 12.7 Å². The van der Waals surface area contributed by atoms with Crippen LogP contribution in [0.3, 0.4) is 0 Å². The van der Waals surface area contributed by atoms with E-state index in [0.29, 0.717) is 12.4 Å². The molecule has 2 aromatic rings. The first-order chi connectivity index (χ1) is 9.63. The van der Waals surface area contributed by atoms with Gasteiger partial charge in [-0.2, -0.15) is 0 Å². The molecule has 20 heavy (non-hydrogen) atoms. The zero-order valence-corrected chi connectivity index (χ0v) is 12.9. The Bertz CT molecular complexity index is 627. The second-order valence-corrected chi connectivity index (χ2v) is 5.56. The molecule has 3 rings (SSSR count). The Morgan fingerprint density at radius 2 is 2.10 bits per heavy atom. The minimum absolute atomic E-state index is 0.0426. The number of fused-ring (bicyclic) bond motifs is 1. The van der Waals surface area contributed by atoms with Gasteiger partial charge in [-0.05, 0) is 31.5 Å². The first kappa shape index (κ1) is 13.5. The van der Waals surface area contributed by atoms with Crippen LogP contribution in [-0.4, -0.2) is 11.8 Å². The van der Waals surface area contributed by atoms with Crippen molar-refractivity contribution in [2.45, 2.75) is 26.4 Å². The predicted octanol–water partition coefficient (Wildman–Crippen LogP) is 3.33. The summed E-state index contributed by atoms with van der Waals surface area (Å²) in [5, 5.41) is 3.38. The Labute approximate surface area is 125 Å². The van der Waals surface area contributed by atoms with E-state index in [9.17, 15) is 0 Å². The second kappa shape index (κ2) is 5.46. The molecular weight excluding hydrogens is 324 g/mol. The van der Waals surface area contributed by atoms with Crippen LogP contribution >= 0.6 is 15.9 Å².